The van der Waals surface area contributed by atoms with E-state index >= 15 is 0 Å². The molecule has 0 aliphatic carbocycles. The van der Waals surface area contributed by atoms with E-state index in [1.807, 2.05) is 0 Å². The molecule has 0 aliphatic rings. The van der Waals surface area contributed by atoms with Gasteiger partial charge in [0.15, 0.2) is 0 Å². The highest BCUT2D eigenvalue weighted by Crippen LogP contribution is 2.23. The third-order valence-electron chi connectivity index (χ3n) is 3.43. The number of rotatable bonds is 5. The van der Waals surface area contributed by atoms with Gasteiger partial charge in [-0.15, -0.1) is 0 Å². The number of hydrazine groups is 1. The normalized spacial score (nSPS) is 10.6. The fraction of sp³-hybridized carbons (Fsp3) is 0.188. The van der Waals surface area contributed by atoms with E-state index in [0.29, 0.717) is 0 Å². The van der Waals surface area contributed by atoms with Gasteiger partial charge < -0.3 is 0 Å². The Bertz CT molecular complexity index is 775. The summed E-state index contributed by atoms with van der Waals surface area (Å²) in [6, 6.07) is 4.80. The summed E-state index contributed by atoms with van der Waals surface area (Å²) in [4.78, 5) is 28.4. The summed E-state index contributed by atoms with van der Waals surface area (Å²) in [5, 5.41) is 0.362. The van der Waals surface area contributed by atoms with Crippen LogP contribution in [-0.2, 0) is 20.0 Å². The molecule has 0 bridgehead atoms. The minimum atomic E-state index is -1.15. The number of benzene rings is 1. The predicted octanol–water partition coefficient (Wildman–Crippen LogP) is 3.30. The van der Waals surface area contributed by atoms with Gasteiger partial charge in [0.2, 0.25) is 0 Å². The molecule has 0 atom stereocenters. The highest BCUT2D eigenvalue weighted by atomic mass is 35.5. The largest absolute Gasteiger partial charge is 0.276 e. The summed E-state index contributed by atoms with van der Waals surface area (Å²) in [6.07, 6.45) is 1.11. The van der Waals surface area contributed by atoms with Crippen molar-refractivity contribution in [3.05, 3.63) is 63.4 Å². The zero-order valence-corrected chi connectivity index (χ0v) is 13.6. The molecule has 9 heteroatoms. The Morgan fingerprint density at radius 2 is 1.64 bits per heavy atom. The highest BCUT2D eigenvalue weighted by molar-refractivity contribution is 6.29. The van der Waals surface area contributed by atoms with Gasteiger partial charge in [0.25, 0.3) is 11.8 Å². The van der Waals surface area contributed by atoms with E-state index in [4.69, 9.17) is 17.4 Å². The fourth-order valence-electron chi connectivity index (χ4n) is 2.26. The molecule has 1 aromatic heterocycles. The molecule has 2 N–H and O–H groups in total. The number of alkyl halides is 3. The van der Waals surface area contributed by atoms with Crippen molar-refractivity contribution in [1.82, 2.24) is 9.99 Å². The number of pyridine rings is 1. The maximum atomic E-state index is 13.2. The molecule has 1 aromatic carbocycles. The molecule has 0 saturated carbocycles. The Kier molecular flexibility index (Phi) is 6.11. The predicted molar refractivity (Wildman–Crippen MR) is 84.8 cm³/mol. The highest BCUT2D eigenvalue weighted by Gasteiger charge is 2.26. The van der Waals surface area contributed by atoms with Crippen LogP contribution in [0.5, 0.6) is 0 Å². The molecule has 0 spiro atoms. The molecule has 0 fully saturated rings. The monoisotopic (exact) mass is 371 g/mol. The van der Waals surface area contributed by atoms with Crippen LogP contribution in [0.2, 0.25) is 5.15 Å². The quantitative estimate of drug-likeness (QED) is 0.288. The Morgan fingerprint density at radius 3 is 2.08 bits per heavy atom. The lowest BCUT2D eigenvalue weighted by atomic mass is 9.98. The van der Waals surface area contributed by atoms with Gasteiger partial charge in [-0.05, 0) is 41.0 Å². The lowest BCUT2D eigenvalue weighted by Crippen LogP contribution is -2.43. The van der Waals surface area contributed by atoms with Gasteiger partial charge in [-0.2, -0.15) is 0 Å². The summed E-state index contributed by atoms with van der Waals surface area (Å²) in [5.74, 6) is 3.50. The van der Waals surface area contributed by atoms with Crippen molar-refractivity contribution in [2.24, 2.45) is 5.84 Å². The first-order chi connectivity index (χ1) is 11.9. The molecule has 1 heterocycles. The number of imide groups is 1. The molecule has 2 aromatic rings. The third kappa shape index (κ3) is 3.97. The molecule has 0 aliphatic heterocycles. The van der Waals surface area contributed by atoms with Crippen molar-refractivity contribution in [2.75, 3.05) is 0 Å². The number of aromatic nitrogens is 1. The van der Waals surface area contributed by atoms with E-state index in [9.17, 15) is 22.8 Å². The number of nitrogens with zero attached hydrogens (tertiary/aromatic N) is 2. The van der Waals surface area contributed by atoms with Gasteiger partial charge in [-0.25, -0.2) is 29.0 Å². The van der Waals surface area contributed by atoms with Crippen LogP contribution in [0.4, 0.5) is 13.2 Å². The molecule has 2 amide bonds. The van der Waals surface area contributed by atoms with Crippen LogP contribution in [0.25, 0.3) is 0 Å². The second kappa shape index (κ2) is 8.09. The van der Waals surface area contributed by atoms with Crippen molar-refractivity contribution < 1.29 is 22.8 Å². The van der Waals surface area contributed by atoms with E-state index in [0.717, 1.165) is 18.3 Å². The van der Waals surface area contributed by atoms with Crippen LogP contribution in [0.15, 0.2) is 30.5 Å². The Balaban J connectivity index is 2.42. The minimum absolute atomic E-state index is 0.0219. The van der Waals surface area contributed by atoms with Crippen LogP contribution in [0, 0.1) is 0 Å². The van der Waals surface area contributed by atoms with Gasteiger partial charge in [0.05, 0.1) is 11.1 Å². The fourth-order valence-corrected chi connectivity index (χ4v) is 2.37. The Morgan fingerprint density at radius 1 is 1.04 bits per heavy atom. The molecular weight excluding hydrogens is 359 g/mol. The zero-order valence-electron chi connectivity index (χ0n) is 12.8. The maximum absolute atomic E-state index is 13.2. The number of hydrogen-bond donors (Lipinski definition) is 1. The SMILES string of the molecule is NN(C(=O)c1ccc(Cl)nc1)C(=O)c1c(CF)cc(CF)cc1CF. The molecule has 0 unspecified atom stereocenters. The molecule has 0 radical (unpaired) electrons. The second-order valence-corrected chi connectivity index (χ2v) is 5.43. The van der Waals surface area contributed by atoms with Gasteiger partial charge in [-0.3, -0.25) is 9.59 Å². The Labute approximate surface area is 146 Å². The first-order valence-electron chi connectivity index (χ1n) is 7.00. The molecule has 0 saturated heterocycles. The van der Waals surface area contributed by atoms with Crippen LogP contribution in [0.3, 0.4) is 0 Å². The molecule has 132 valence electrons. The van der Waals surface area contributed by atoms with Crippen molar-refractivity contribution in [2.45, 2.75) is 20.0 Å². The number of nitrogens with two attached hydrogens (primary N) is 1. The molecular formula is C16H13ClF3N3O2. The number of halogens is 4. The zero-order chi connectivity index (χ0) is 18.6. The average Bonchev–Trinajstić information content (AvgIpc) is 2.65. The lowest BCUT2D eigenvalue weighted by Gasteiger charge is -2.18. The third-order valence-corrected chi connectivity index (χ3v) is 3.65. The summed E-state index contributed by atoms with van der Waals surface area (Å²) >= 11 is 5.61. The van der Waals surface area contributed by atoms with E-state index in [-0.39, 0.29) is 32.4 Å². The summed E-state index contributed by atoms with van der Waals surface area (Å²) in [7, 11) is 0. The Hall–Kier alpha value is -2.45. The number of hydrogen-bond acceptors (Lipinski definition) is 4. The van der Waals surface area contributed by atoms with Crippen molar-refractivity contribution >= 4 is 23.4 Å². The topological polar surface area (TPSA) is 76.3 Å². The summed E-state index contributed by atoms with van der Waals surface area (Å²) < 4.78 is 39.3. The van der Waals surface area contributed by atoms with Gasteiger partial charge in [-0.1, -0.05) is 11.6 Å². The van der Waals surface area contributed by atoms with Crippen LogP contribution in [0.1, 0.15) is 37.4 Å². The standard InChI is InChI=1S/C16H13ClF3N3O2/c17-13-2-1-10(8-22-13)15(24)23(21)16(25)14-11(6-19)3-9(5-18)4-12(14)7-20/h1-4,8H,5-7,21H2. The lowest BCUT2D eigenvalue weighted by molar-refractivity contribution is 0.0613. The van der Waals surface area contributed by atoms with Gasteiger partial charge in [0, 0.05) is 6.20 Å². The van der Waals surface area contributed by atoms with E-state index in [1.165, 1.54) is 12.1 Å². The number of amides is 2. The van der Waals surface area contributed by atoms with Crippen molar-refractivity contribution in [3.63, 3.8) is 0 Å². The first kappa shape index (κ1) is 18.9. The van der Waals surface area contributed by atoms with Gasteiger partial charge in [0.1, 0.15) is 25.2 Å². The van der Waals surface area contributed by atoms with Crippen molar-refractivity contribution in [1.29, 1.82) is 0 Å². The first-order valence-corrected chi connectivity index (χ1v) is 7.38. The molecule has 25 heavy (non-hydrogen) atoms. The van der Waals surface area contributed by atoms with Crippen LogP contribution >= 0.6 is 11.6 Å². The van der Waals surface area contributed by atoms with Gasteiger partial charge >= 0.3 is 0 Å². The maximum Gasteiger partial charge on any atom is 0.276 e. The second-order valence-electron chi connectivity index (χ2n) is 5.04. The van der Waals surface area contributed by atoms with Crippen LogP contribution in [-0.4, -0.2) is 21.8 Å². The minimum Gasteiger partial charge on any atom is -0.267 e. The summed E-state index contributed by atoms with van der Waals surface area (Å²) in [6.45, 7) is -3.24. The molecule has 2 rings (SSSR count). The number of carbonyl (C=O) groups excluding carboxylic acids is 2. The van der Waals surface area contributed by atoms with E-state index in [2.05, 4.69) is 4.98 Å². The smallest absolute Gasteiger partial charge is 0.267 e. The van der Waals surface area contributed by atoms with E-state index in [1.54, 1.807) is 0 Å². The van der Waals surface area contributed by atoms with Crippen molar-refractivity contribution in [3.8, 4) is 0 Å². The average molecular weight is 372 g/mol. The molecule has 5 nitrogen and oxygen atoms in total. The number of carbonyl (C=O) groups is 2. The van der Waals surface area contributed by atoms with E-state index < -0.39 is 37.4 Å². The van der Waals surface area contributed by atoms with Crippen LogP contribution < -0.4 is 5.84 Å². The summed E-state index contributed by atoms with van der Waals surface area (Å²) in [5.41, 5.74) is -0.909.